The molecule has 0 atom stereocenters. The van der Waals surface area contributed by atoms with Crippen LogP contribution in [0.25, 0.3) is 16.6 Å². The Labute approximate surface area is 193 Å². The molecule has 3 aromatic rings. The molecule has 0 aliphatic carbocycles. The van der Waals surface area contributed by atoms with E-state index >= 15 is 0 Å². The largest absolute Gasteiger partial charge is 0.372 e. The van der Waals surface area contributed by atoms with Crippen molar-refractivity contribution in [2.24, 2.45) is 5.92 Å². The molecule has 1 aromatic heterocycles. The van der Waals surface area contributed by atoms with Crippen molar-refractivity contribution >= 4 is 28.2 Å². The van der Waals surface area contributed by atoms with E-state index in [0.29, 0.717) is 6.54 Å². The zero-order chi connectivity index (χ0) is 21.9. The second-order valence-corrected chi connectivity index (χ2v) is 9.18. The molecule has 32 heavy (non-hydrogen) atoms. The van der Waals surface area contributed by atoms with Crippen molar-refractivity contribution in [3.63, 3.8) is 0 Å². The van der Waals surface area contributed by atoms with Crippen molar-refractivity contribution in [3.05, 3.63) is 83.0 Å². The predicted molar refractivity (Wildman–Crippen MR) is 129 cm³/mol. The Kier molecular flexibility index (Phi) is 6.28. The Morgan fingerprint density at radius 2 is 2.00 bits per heavy atom. The second-order valence-electron chi connectivity index (χ2n) is 8.78. The summed E-state index contributed by atoms with van der Waals surface area (Å²) < 4.78 is 15.6. The van der Waals surface area contributed by atoms with Crippen molar-refractivity contribution in [1.82, 2.24) is 19.8 Å². The number of fused-ring (bicyclic) bond motifs is 1. The van der Waals surface area contributed by atoms with Gasteiger partial charge in [0.2, 0.25) is 0 Å². The quantitative estimate of drug-likeness (QED) is 0.546. The van der Waals surface area contributed by atoms with E-state index < -0.39 is 0 Å². The summed E-state index contributed by atoms with van der Waals surface area (Å²) in [5.41, 5.74) is 4.99. The smallest absolute Gasteiger partial charge is 0.123 e. The summed E-state index contributed by atoms with van der Waals surface area (Å²) in [6, 6.07) is 12.9. The molecule has 2 aliphatic rings. The third-order valence-electron chi connectivity index (χ3n) is 6.54. The molecule has 6 heteroatoms. The number of halogens is 2. The fourth-order valence-corrected chi connectivity index (χ4v) is 5.03. The van der Waals surface area contributed by atoms with Crippen LogP contribution in [0.3, 0.4) is 0 Å². The lowest BCUT2D eigenvalue weighted by atomic mass is 9.94. The third-order valence-corrected chi connectivity index (χ3v) is 6.84. The second kappa shape index (κ2) is 9.47. The number of hydrogen-bond donors (Lipinski definition) is 1. The van der Waals surface area contributed by atoms with E-state index in [1.165, 1.54) is 25.3 Å². The molecule has 5 rings (SSSR count). The van der Waals surface area contributed by atoms with Crippen LogP contribution in [0.4, 0.5) is 4.39 Å². The number of benzene rings is 2. The van der Waals surface area contributed by atoms with Gasteiger partial charge in [-0.2, -0.15) is 0 Å². The molecule has 1 saturated heterocycles. The maximum Gasteiger partial charge on any atom is 0.123 e. The number of allylic oxidation sites excluding steroid dienone is 2. The molecule has 4 nitrogen and oxygen atoms in total. The number of rotatable bonds is 6. The maximum atomic E-state index is 13.6. The van der Waals surface area contributed by atoms with E-state index in [4.69, 9.17) is 11.6 Å². The van der Waals surface area contributed by atoms with Crippen LogP contribution < -0.4 is 5.32 Å². The van der Waals surface area contributed by atoms with Gasteiger partial charge in [-0.3, -0.25) is 0 Å². The molecule has 0 unspecified atom stereocenters. The van der Waals surface area contributed by atoms with Gasteiger partial charge >= 0.3 is 0 Å². The highest BCUT2D eigenvalue weighted by atomic mass is 35.5. The summed E-state index contributed by atoms with van der Waals surface area (Å²) in [5, 5.41) is 4.21. The highest BCUT2D eigenvalue weighted by molar-refractivity contribution is 6.37. The molecule has 0 bridgehead atoms. The molecule has 0 radical (unpaired) electrons. The van der Waals surface area contributed by atoms with E-state index in [1.807, 2.05) is 18.5 Å². The molecule has 2 aliphatic heterocycles. The molecular formula is C26H28ClFN4. The lowest BCUT2D eigenvalue weighted by molar-refractivity contribution is 0.302. The minimum atomic E-state index is -0.221. The Bertz CT molecular complexity index is 1160. The van der Waals surface area contributed by atoms with Crippen molar-refractivity contribution in [2.75, 3.05) is 26.2 Å². The van der Waals surface area contributed by atoms with Crippen molar-refractivity contribution in [2.45, 2.75) is 25.8 Å². The van der Waals surface area contributed by atoms with Crippen LogP contribution in [0.1, 0.15) is 30.4 Å². The highest BCUT2D eigenvalue weighted by Crippen LogP contribution is 2.32. The van der Waals surface area contributed by atoms with Gasteiger partial charge in [0.05, 0.1) is 22.4 Å². The molecule has 3 heterocycles. The minimum absolute atomic E-state index is 0.221. The van der Waals surface area contributed by atoms with Gasteiger partial charge in [-0.1, -0.05) is 35.9 Å². The SMILES string of the molecule is Fc1cccc(Cn2cnc3ccc(C4=CCN(CCC5CCNCC5)C=C4Cl)cc32)c1. The van der Waals surface area contributed by atoms with Gasteiger partial charge in [0.1, 0.15) is 5.82 Å². The van der Waals surface area contributed by atoms with Crippen LogP contribution in [0.15, 0.2) is 66.1 Å². The number of aromatic nitrogens is 2. The van der Waals surface area contributed by atoms with E-state index in [0.717, 1.165) is 64.9 Å². The molecule has 1 N–H and O–H groups in total. The molecule has 1 fully saturated rings. The first-order chi connectivity index (χ1) is 15.7. The summed E-state index contributed by atoms with van der Waals surface area (Å²) in [6.45, 7) is 4.78. The van der Waals surface area contributed by atoms with E-state index in [2.05, 4.69) is 44.2 Å². The average molecular weight is 451 g/mol. The number of nitrogens with one attached hydrogen (secondary N) is 1. The minimum Gasteiger partial charge on any atom is -0.372 e. The summed E-state index contributed by atoms with van der Waals surface area (Å²) in [6.07, 6.45) is 9.89. The number of nitrogens with zero attached hydrogens (tertiary/aromatic N) is 3. The maximum absolute atomic E-state index is 13.6. The zero-order valence-electron chi connectivity index (χ0n) is 18.1. The van der Waals surface area contributed by atoms with Gasteiger partial charge in [0, 0.05) is 25.8 Å². The van der Waals surface area contributed by atoms with Gasteiger partial charge in [0.15, 0.2) is 0 Å². The van der Waals surface area contributed by atoms with E-state index in [1.54, 1.807) is 12.1 Å². The summed E-state index contributed by atoms with van der Waals surface area (Å²) >= 11 is 6.72. The van der Waals surface area contributed by atoms with Gasteiger partial charge < -0.3 is 14.8 Å². The first-order valence-electron chi connectivity index (χ1n) is 11.4. The van der Waals surface area contributed by atoms with Crippen molar-refractivity contribution in [1.29, 1.82) is 0 Å². The van der Waals surface area contributed by atoms with E-state index in [9.17, 15) is 4.39 Å². The topological polar surface area (TPSA) is 33.1 Å². The molecule has 0 amide bonds. The Morgan fingerprint density at radius 1 is 1.12 bits per heavy atom. The normalized spacial score (nSPS) is 17.5. The Balaban J connectivity index is 1.31. The monoisotopic (exact) mass is 450 g/mol. The van der Waals surface area contributed by atoms with Crippen molar-refractivity contribution in [3.8, 4) is 0 Å². The van der Waals surface area contributed by atoms with Gasteiger partial charge in [0.25, 0.3) is 0 Å². The highest BCUT2D eigenvalue weighted by Gasteiger charge is 2.18. The fourth-order valence-electron chi connectivity index (χ4n) is 4.70. The van der Waals surface area contributed by atoms with Crippen LogP contribution in [0.5, 0.6) is 0 Å². The molecule has 2 aromatic carbocycles. The van der Waals surface area contributed by atoms with Crippen LogP contribution in [-0.4, -0.2) is 40.6 Å². The molecule has 0 saturated carbocycles. The summed E-state index contributed by atoms with van der Waals surface area (Å²) in [4.78, 5) is 6.83. The van der Waals surface area contributed by atoms with Gasteiger partial charge in [-0.05, 0) is 79.2 Å². The Hall–Kier alpha value is -2.63. The summed E-state index contributed by atoms with van der Waals surface area (Å²) in [5.74, 6) is 0.594. The van der Waals surface area contributed by atoms with Gasteiger partial charge in [-0.25, -0.2) is 9.37 Å². The van der Waals surface area contributed by atoms with Crippen LogP contribution in [-0.2, 0) is 6.54 Å². The number of hydrogen-bond acceptors (Lipinski definition) is 3. The number of imidazole rings is 1. The van der Waals surface area contributed by atoms with Crippen LogP contribution >= 0.6 is 11.6 Å². The first-order valence-corrected chi connectivity index (χ1v) is 11.8. The Morgan fingerprint density at radius 3 is 2.81 bits per heavy atom. The van der Waals surface area contributed by atoms with Crippen molar-refractivity contribution < 1.29 is 4.39 Å². The summed E-state index contributed by atoms with van der Waals surface area (Å²) in [7, 11) is 0. The lowest BCUT2D eigenvalue weighted by Crippen LogP contribution is -2.30. The standard InChI is InChI=1S/C26H28ClFN4/c27-24-17-31(12-8-19-6-10-29-11-7-19)13-9-23(24)21-4-5-25-26(15-21)32(18-30-25)16-20-2-1-3-22(28)14-20/h1-5,9,14-15,17-19,29H,6-8,10-13,16H2. The number of piperidine rings is 1. The molecular weight excluding hydrogens is 423 g/mol. The first kappa shape index (κ1) is 21.2. The predicted octanol–water partition coefficient (Wildman–Crippen LogP) is 5.39. The van der Waals surface area contributed by atoms with Crippen LogP contribution in [0.2, 0.25) is 0 Å². The van der Waals surface area contributed by atoms with Crippen LogP contribution in [0, 0.1) is 11.7 Å². The fraction of sp³-hybridized carbons (Fsp3) is 0.346. The van der Waals surface area contributed by atoms with Gasteiger partial charge in [-0.15, -0.1) is 0 Å². The van der Waals surface area contributed by atoms with E-state index in [-0.39, 0.29) is 5.82 Å². The lowest BCUT2D eigenvalue weighted by Gasteiger charge is -2.28. The molecule has 0 spiro atoms. The molecule has 166 valence electrons. The zero-order valence-corrected chi connectivity index (χ0v) is 18.9. The third kappa shape index (κ3) is 4.74. The average Bonchev–Trinajstić information content (AvgIpc) is 3.20.